The summed E-state index contributed by atoms with van der Waals surface area (Å²) in [6.07, 6.45) is 0. The number of carboxylic acid groups (broad SMARTS) is 2. The fourth-order valence-corrected chi connectivity index (χ4v) is 2.12. The summed E-state index contributed by atoms with van der Waals surface area (Å²) >= 11 is 11.5. The van der Waals surface area contributed by atoms with Crippen LogP contribution in [0.3, 0.4) is 0 Å². The average Bonchev–Trinajstić information content (AvgIpc) is 2.29. The zero-order valence-electron chi connectivity index (χ0n) is 5.88. The van der Waals surface area contributed by atoms with Crippen molar-refractivity contribution in [1.29, 1.82) is 0 Å². The first-order chi connectivity index (χ1) is 5.95. The number of halogens is 2. The van der Waals surface area contributed by atoms with Crippen molar-refractivity contribution < 1.29 is 19.8 Å². The fraction of sp³-hybridized carbons (Fsp3) is 0. The number of carboxylic acids is 2. The van der Waals surface area contributed by atoms with E-state index in [0.717, 1.165) is 0 Å². The maximum absolute atomic E-state index is 10.5. The average molecular weight is 241 g/mol. The predicted octanol–water partition coefficient (Wildman–Crippen LogP) is 2.45. The Labute approximate surface area is 86.3 Å². The second kappa shape index (κ2) is 3.53. The van der Waals surface area contributed by atoms with Gasteiger partial charge in [-0.25, -0.2) is 9.59 Å². The van der Waals surface area contributed by atoms with Gasteiger partial charge in [0.2, 0.25) is 0 Å². The van der Waals surface area contributed by atoms with Crippen molar-refractivity contribution in [1.82, 2.24) is 0 Å². The van der Waals surface area contributed by atoms with Gasteiger partial charge in [-0.2, -0.15) is 0 Å². The molecule has 0 aliphatic rings. The van der Waals surface area contributed by atoms with Gasteiger partial charge < -0.3 is 10.2 Å². The zero-order valence-corrected chi connectivity index (χ0v) is 8.20. The summed E-state index contributed by atoms with van der Waals surface area (Å²) in [6.45, 7) is 0. The van der Waals surface area contributed by atoms with Gasteiger partial charge in [0.05, 0.1) is 10.0 Å². The quantitative estimate of drug-likeness (QED) is 0.833. The molecule has 0 fully saturated rings. The van der Waals surface area contributed by atoms with E-state index in [1.807, 2.05) is 0 Å². The maximum atomic E-state index is 10.5. The number of rotatable bonds is 2. The van der Waals surface area contributed by atoms with Crippen molar-refractivity contribution in [3.63, 3.8) is 0 Å². The van der Waals surface area contributed by atoms with Gasteiger partial charge in [0.25, 0.3) is 0 Å². The number of thiophene rings is 1. The second-order valence-corrected chi connectivity index (χ2v) is 3.78. The Balaban J connectivity index is 3.36. The molecule has 0 amide bonds. The van der Waals surface area contributed by atoms with Crippen LogP contribution in [0.5, 0.6) is 0 Å². The first-order valence-corrected chi connectivity index (χ1v) is 4.46. The first-order valence-electron chi connectivity index (χ1n) is 2.89. The van der Waals surface area contributed by atoms with E-state index < -0.39 is 11.9 Å². The topological polar surface area (TPSA) is 74.6 Å². The van der Waals surface area contributed by atoms with E-state index in [1.165, 1.54) is 0 Å². The third-order valence-corrected chi connectivity index (χ3v) is 3.43. The van der Waals surface area contributed by atoms with E-state index in [4.69, 9.17) is 33.4 Å². The highest BCUT2D eigenvalue weighted by molar-refractivity contribution is 7.17. The van der Waals surface area contributed by atoms with Crippen LogP contribution in [0.4, 0.5) is 0 Å². The molecule has 0 aliphatic carbocycles. The maximum Gasteiger partial charge on any atom is 0.347 e. The fourth-order valence-electron chi connectivity index (χ4n) is 0.666. The highest BCUT2D eigenvalue weighted by Crippen LogP contribution is 2.36. The Kier molecular flexibility index (Phi) is 2.80. The summed E-state index contributed by atoms with van der Waals surface area (Å²) in [5, 5.41) is 16.7. The number of carbonyl (C=O) groups is 2. The van der Waals surface area contributed by atoms with E-state index in [0.29, 0.717) is 11.3 Å². The molecule has 1 rings (SSSR count). The van der Waals surface area contributed by atoms with E-state index in [9.17, 15) is 9.59 Å². The second-order valence-electron chi connectivity index (χ2n) is 2.00. The largest absolute Gasteiger partial charge is 0.477 e. The van der Waals surface area contributed by atoms with Gasteiger partial charge in [-0.1, -0.05) is 23.2 Å². The Hall–Kier alpha value is -0.780. The van der Waals surface area contributed by atoms with Crippen molar-refractivity contribution in [2.75, 3.05) is 0 Å². The van der Waals surface area contributed by atoms with E-state index in [1.54, 1.807) is 0 Å². The van der Waals surface area contributed by atoms with Gasteiger partial charge in [-0.3, -0.25) is 0 Å². The van der Waals surface area contributed by atoms with Crippen LogP contribution in [0, 0.1) is 0 Å². The Bertz CT molecular complexity index is 350. The molecule has 1 heterocycles. The molecular weight excluding hydrogens is 239 g/mol. The number of hydrogen-bond acceptors (Lipinski definition) is 3. The van der Waals surface area contributed by atoms with Gasteiger partial charge >= 0.3 is 11.9 Å². The summed E-state index contributed by atoms with van der Waals surface area (Å²) < 4.78 is 0. The van der Waals surface area contributed by atoms with E-state index >= 15 is 0 Å². The lowest BCUT2D eigenvalue weighted by atomic mass is 10.4. The van der Waals surface area contributed by atoms with E-state index in [2.05, 4.69) is 0 Å². The Morgan fingerprint density at radius 3 is 1.46 bits per heavy atom. The van der Waals surface area contributed by atoms with Crippen LogP contribution >= 0.6 is 34.5 Å². The number of aromatic carboxylic acids is 2. The molecule has 0 unspecified atom stereocenters. The van der Waals surface area contributed by atoms with Crippen LogP contribution in [-0.4, -0.2) is 22.2 Å². The molecule has 7 heteroatoms. The molecule has 0 saturated heterocycles. The molecule has 0 aliphatic heterocycles. The van der Waals surface area contributed by atoms with Crippen molar-refractivity contribution in [3.05, 3.63) is 19.8 Å². The van der Waals surface area contributed by atoms with Crippen LogP contribution in [-0.2, 0) is 0 Å². The standard InChI is InChI=1S/C6H2Cl2O4S/c7-1-2(8)4(6(11)12)13-3(1)5(9)10/h(H,9,10)(H,11,12). The molecule has 70 valence electrons. The minimum atomic E-state index is -1.29. The molecule has 1 aromatic heterocycles. The minimum absolute atomic E-state index is 0.225. The van der Waals surface area contributed by atoms with Crippen LogP contribution in [0.1, 0.15) is 19.3 Å². The zero-order chi connectivity index (χ0) is 10.2. The SMILES string of the molecule is O=C(O)c1sc(C(=O)O)c(Cl)c1Cl. The van der Waals surface area contributed by atoms with Crippen molar-refractivity contribution in [2.24, 2.45) is 0 Å². The molecule has 13 heavy (non-hydrogen) atoms. The van der Waals surface area contributed by atoms with Crippen LogP contribution in [0.2, 0.25) is 10.0 Å². The Morgan fingerprint density at radius 1 is 1.00 bits per heavy atom. The molecule has 0 saturated carbocycles. The third kappa shape index (κ3) is 1.77. The summed E-state index contributed by atoms with van der Waals surface area (Å²) in [7, 11) is 0. The first kappa shape index (κ1) is 10.3. The van der Waals surface area contributed by atoms with Gasteiger partial charge in [0.15, 0.2) is 0 Å². The van der Waals surface area contributed by atoms with E-state index in [-0.39, 0.29) is 19.8 Å². The van der Waals surface area contributed by atoms with Gasteiger partial charge in [-0.15, -0.1) is 11.3 Å². The van der Waals surface area contributed by atoms with Crippen molar-refractivity contribution >= 4 is 46.5 Å². The molecule has 2 N–H and O–H groups in total. The summed E-state index contributed by atoms with van der Waals surface area (Å²) in [5.41, 5.74) is 0. The minimum Gasteiger partial charge on any atom is -0.477 e. The summed E-state index contributed by atoms with van der Waals surface area (Å²) in [5.74, 6) is -2.58. The van der Waals surface area contributed by atoms with Crippen LogP contribution < -0.4 is 0 Å². The van der Waals surface area contributed by atoms with Gasteiger partial charge in [0, 0.05) is 0 Å². The van der Waals surface area contributed by atoms with Gasteiger partial charge in [-0.05, 0) is 0 Å². The normalized spacial score (nSPS) is 10.0. The molecule has 0 aromatic carbocycles. The highest BCUT2D eigenvalue weighted by atomic mass is 35.5. The molecule has 0 radical (unpaired) electrons. The lowest BCUT2D eigenvalue weighted by Crippen LogP contribution is -1.92. The monoisotopic (exact) mass is 240 g/mol. The molecule has 1 aromatic rings. The lowest BCUT2D eigenvalue weighted by Gasteiger charge is -1.87. The Morgan fingerprint density at radius 2 is 1.31 bits per heavy atom. The van der Waals surface area contributed by atoms with Crippen molar-refractivity contribution in [3.8, 4) is 0 Å². The van der Waals surface area contributed by atoms with Crippen LogP contribution in [0.25, 0.3) is 0 Å². The molecule has 0 bridgehead atoms. The van der Waals surface area contributed by atoms with Crippen molar-refractivity contribution in [2.45, 2.75) is 0 Å². The summed E-state index contributed by atoms with van der Waals surface area (Å²) in [4.78, 5) is 20.4. The molecule has 4 nitrogen and oxygen atoms in total. The molecule has 0 atom stereocenters. The number of hydrogen-bond donors (Lipinski definition) is 2. The predicted molar refractivity (Wildman–Crippen MR) is 48.3 cm³/mol. The van der Waals surface area contributed by atoms with Gasteiger partial charge in [0.1, 0.15) is 9.75 Å². The third-order valence-electron chi connectivity index (χ3n) is 1.18. The lowest BCUT2D eigenvalue weighted by molar-refractivity contribution is 0.0693. The summed E-state index contributed by atoms with van der Waals surface area (Å²) in [6, 6.07) is 0. The van der Waals surface area contributed by atoms with Crippen LogP contribution in [0.15, 0.2) is 0 Å². The highest BCUT2D eigenvalue weighted by Gasteiger charge is 2.23. The molecule has 0 spiro atoms. The smallest absolute Gasteiger partial charge is 0.347 e. The molecular formula is C6H2Cl2O4S.